The van der Waals surface area contributed by atoms with Crippen molar-refractivity contribution in [3.63, 3.8) is 0 Å². The topological polar surface area (TPSA) is 90.3 Å². The molecule has 7 nitrogen and oxygen atoms in total. The number of carbonyl (C=O) groups excluding carboxylic acids is 2. The monoisotopic (exact) mass is 515 g/mol. The SMILES string of the molecule is C=S(=O)(NCCC(C)C(C)C(C)=O)c1ccc(-c2cn(C(=O)OC(C)(C)C)c3cc(F)ccc23)cn1. The van der Waals surface area contributed by atoms with Crippen molar-refractivity contribution in [3.8, 4) is 11.1 Å². The summed E-state index contributed by atoms with van der Waals surface area (Å²) in [6.45, 7) is 11.2. The van der Waals surface area contributed by atoms with E-state index in [0.29, 0.717) is 40.0 Å². The lowest BCUT2D eigenvalue weighted by Gasteiger charge is -2.19. The average Bonchev–Trinajstić information content (AvgIpc) is 3.16. The van der Waals surface area contributed by atoms with Crippen LogP contribution in [-0.2, 0) is 19.2 Å². The summed E-state index contributed by atoms with van der Waals surface area (Å²) in [5.41, 5.74) is 0.982. The first-order valence-electron chi connectivity index (χ1n) is 11.8. The van der Waals surface area contributed by atoms with Gasteiger partial charge in [-0.1, -0.05) is 13.8 Å². The van der Waals surface area contributed by atoms with E-state index in [2.05, 4.69) is 15.6 Å². The van der Waals surface area contributed by atoms with Gasteiger partial charge in [0.2, 0.25) is 0 Å². The predicted octanol–water partition coefficient (Wildman–Crippen LogP) is 5.46. The molecule has 0 fully saturated rings. The number of nitrogens with zero attached hydrogens (tertiary/aromatic N) is 2. The Morgan fingerprint density at radius 3 is 2.50 bits per heavy atom. The number of ketones is 1. The van der Waals surface area contributed by atoms with E-state index in [1.165, 1.54) is 16.7 Å². The van der Waals surface area contributed by atoms with Gasteiger partial charge in [0.15, 0.2) is 0 Å². The molecule has 2 aromatic heterocycles. The number of rotatable bonds is 8. The molecule has 0 aliphatic carbocycles. The lowest BCUT2D eigenvalue weighted by atomic mass is 9.90. The molecule has 36 heavy (non-hydrogen) atoms. The van der Waals surface area contributed by atoms with Crippen LogP contribution in [0, 0.1) is 17.7 Å². The van der Waals surface area contributed by atoms with E-state index in [1.54, 1.807) is 58.3 Å². The number of nitrogens with one attached hydrogen (secondary N) is 1. The van der Waals surface area contributed by atoms with Crippen LogP contribution in [0.15, 0.2) is 47.8 Å². The molecule has 0 radical (unpaired) electrons. The number of Topliss-reactive ketones (excluding diaryl/α,β-unsaturated/α-hetero) is 1. The summed E-state index contributed by atoms with van der Waals surface area (Å²) < 4.78 is 36.9. The summed E-state index contributed by atoms with van der Waals surface area (Å²) in [6, 6.07) is 7.58. The Kier molecular flexibility index (Phi) is 8.05. The number of halogens is 1. The van der Waals surface area contributed by atoms with E-state index in [9.17, 15) is 18.2 Å². The third-order valence-corrected chi connectivity index (χ3v) is 7.76. The van der Waals surface area contributed by atoms with Gasteiger partial charge in [-0.2, -0.15) is 0 Å². The Hall–Kier alpha value is -3.04. The Morgan fingerprint density at radius 1 is 1.22 bits per heavy atom. The number of fused-ring (bicyclic) bond motifs is 1. The van der Waals surface area contributed by atoms with Crippen LogP contribution in [0.2, 0.25) is 0 Å². The molecule has 0 bridgehead atoms. The molecule has 194 valence electrons. The van der Waals surface area contributed by atoms with Crippen molar-refractivity contribution in [2.45, 2.75) is 58.6 Å². The molecule has 0 aliphatic rings. The number of hydrogen-bond acceptors (Lipinski definition) is 5. The summed E-state index contributed by atoms with van der Waals surface area (Å²) in [5.74, 6) is 3.56. The van der Waals surface area contributed by atoms with Gasteiger partial charge in [0.1, 0.15) is 22.2 Å². The highest BCUT2D eigenvalue weighted by atomic mass is 32.2. The van der Waals surface area contributed by atoms with Crippen molar-refractivity contribution < 1.29 is 22.9 Å². The lowest BCUT2D eigenvalue weighted by Crippen LogP contribution is -2.28. The van der Waals surface area contributed by atoms with Gasteiger partial charge in [0.25, 0.3) is 0 Å². The highest BCUT2D eigenvalue weighted by Gasteiger charge is 2.22. The van der Waals surface area contributed by atoms with Crippen molar-refractivity contribution in [1.82, 2.24) is 14.3 Å². The van der Waals surface area contributed by atoms with Crippen LogP contribution >= 0.6 is 0 Å². The molecule has 3 atom stereocenters. The van der Waals surface area contributed by atoms with Crippen molar-refractivity contribution in [3.05, 3.63) is 48.5 Å². The average molecular weight is 516 g/mol. The number of ether oxygens (including phenoxy) is 1. The highest BCUT2D eigenvalue weighted by molar-refractivity contribution is 7.98. The third-order valence-electron chi connectivity index (χ3n) is 6.17. The molecule has 0 saturated carbocycles. The largest absolute Gasteiger partial charge is 0.443 e. The zero-order valence-corrected chi connectivity index (χ0v) is 22.4. The maximum atomic E-state index is 14.0. The standard InChI is InChI=1S/C27H34FN3O4S/c1-17(18(2)19(3)32)12-13-30-36(7,34)25-11-8-20(15-29-25)23-16-31(26(33)35-27(4,5)6)24-14-21(28)9-10-22(23)24/h8-11,14-18H,7,12-13H2,1-6H3,(H,30,34). The van der Waals surface area contributed by atoms with Gasteiger partial charge < -0.3 is 4.74 Å². The predicted molar refractivity (Wildman–Crippen MR) is 142 cm³/mol. The smallest absolute Gasteiger partial charge is 0.419 e. The fourth-order valence-corrected chi connectivity index (χ4v) is 4.91. The molecule has 3 aromatic rings. The number of hydrogen-bond donors (Lipinski definition) is 1. The molecule has 0 aliphatic heterocycles. The van der Waals surface area contributed by atoms with Crippen LogP contribution in [0.25, 0.3) is 22.0 Å². The highest BCUT2D eigenvalue weighted by Crippen LogP contribution is 2.32. The Bertz CT molecular complexity index is 1370. The van der Waals surface area contributed by atoms with Gasteiger partial charge in [0, 0.05) is 41.4 Å². The summed E-state index contributed by atoms with van der Waals surface area (Å²) in [6.07, 6.45) is 3.20. The van der Waals surface area contributed by atoms with E-state index in [-0.39, 0.29) is 17.6 Å². The van der Waals surface area contributed by atoms with E-state index in [0.717, 1.165) is 0 Å². The first-order valence-corrected chi connectivity index (χ1v) is 13.5. The minimum absolute atomic E-state index is 0.0682. The van der Waals surface area contributed by atoms with Gasteiger partial charge in [-0.05, 0) is 76.2 Å². The van der Waals surface area contributed by atoms with E-state index < -0.39 is 27.2 Å². The zero-order chi connectivity index (χ0) is 26.8. The Balaban J connectivity index is 1.85. The van der Waals surface area contributed by atoms with Crippen LogP contribution in [0.1, 0.15) is 48.0 Å². The minimum Gasteiger partial charge on any atom is -0.443 e. The second-order valence-corrected chi connectivity index (χ2v) is 12.2. The summed E-state index contributed by atoms with van der Waals surface area (Å²) in [4.78, 5) is 28.7. The van der Waals surface area contributed by atoms with Crippen LogP contribution in [0.3, 0.4) is 0 Å². The molecular weight excluding hydrogens is 481 g/mol. The summed E-state index contributed by atoms with van der Waals surface area (Å²) in [7, 11) is -2.85. The molecule has 3 unspecified atom stereocenters. The molecule has 9 heteroatoms. The molecule has 0 saturated heterocycles. The first kappa shape index (κ1) is 27.5. The van der Waals surface area contributed by atoms with Gasteiger partial charge in [0.05, 0.1) is 15.2 Å². The number of pyridine rings is 1. The van der Waals surface area contributed by atoms with Crippen LogP contribution in [-0.4, -0.2) is 43.7 Å². The van der Waals surface area contributed by atoms with Crippen molar-refractivity contribution in [1.29, 1.82) is 0 Å². The second-order valence-electron chi connectivity index (χ2n) is 10.2. The quantitative estimate of drug-likeness (QED) is 0.403. The normalized spacial score (nSPS) is 15.3. The molecule has 1 N–H and O–H groups in total. The fraction of sp³-hybridized carbons (Fsp3) is 0.407. The van der Waals surface area contributed by atoms with Gasteiger partial charge in [-0.25, -0.2) is 23.1 Å². The van der Waals surface area contributed by atoms with Gasteiger partial charge in [-0.15, -0.1) is 0 Å². The van der Waals surface area contributed by atoms with Crippen LogP contribution in [0.5, 0.6) is 0 Å². The molecule has 0 spiro atoms. The van der Waals surface area contributed by atoms with Crippen LogP contribution in [0.4, 0.5) is 9.18 Å². The van der Waals surface area contributed by atoms with Crippen molar-refractivity contribution in [2.75, 3.05) is 6.54 Å². The molecular formula is C27H34FN3O4S. The van der Waals surface area contributed by atoms with Gasteiger partial charge >= 0.3 is 6.09 Å². The van der Waals surface area contributed by atoms with Crippen LogP contribution < -0.4 is 4.72 Å². The van der Waals surface area contributed by atoms with Gasteiger partial charge in [-0.3, -0.25) is 9.36 Å². The lowest BCUT2D eigenvalue weighted by molar-refractivity contribution is -0.121. The summed E-state index contributed by atoms with van der Waals surface area (Å²) in [5, 5.41) is 0.944. The Morgan fingerprint density at radius 2 is 1.92 bits per heavy atom. The summed E-state index contributed by atoms with van der Waals surface area (Å²) >= 11 is 0. The van der Waals surface area contributed by atoms with E-state index >= 15 is 0 Å². The zero-order valence-electron chi connectivity index (χ0n) is 21.6. The molecule has 3 rings (SSSR count). The second kappa shape index (κ2) is 10.5. The van der Waals surface area contributed by atoms with Crippen molar-refractivity contribution >= 4 is 38.4 Å². The first-order chi connectivity index (χ1) is 16.7. The van der Waals surface area contributed by atoms with E-state index in [1.807, 2.05) is 13.8 Å². The minimum atomic E-state index is -2.85. The third kappa shape index (κ3) is 6.39. The maximum absolute atomic E-state index is 14.0. The van der Waals surface area contributed by atoms with E-state index in [4.69, 9.17) is 4.74 Å². The Labute approximate surface area is 212 Å². The molecule has 1 aromatic carbocycles. The fourth-order valence-electron chi connectivity index (χ4n) is 3.80. The molecule has 2 heterocycles. The number of carbonyl (C=O) groups is 2. The number of benzene rings is 1. The maximum Gasteiger partial charge on any atom is 0.419 e. The number of aromatic nitrogens is 2. The van der Waals surface area contributed by atoms with Crippen molar-refractivity contribution in [2.24, 2.45) is 11.8 Å². The molecule has 0 amide bonds.